The molecule has 0 radical (unpaired) electrons. The third-order valence-electron chi connectivity index (χ3n) is 4.72. The number of unbranched alkanes of at least 4 members (excludes halogenated alkanes) is 1. The smallest absolute Gasteiger partial charge is 0.390 e. The molecule has 2 N–H and O–H groups in total. The Labute approximate surface area is 169 Å². The van der Waals surface area contributed by atoms with Gasteiger partial charge in [0.15, 0.2) is 5.65 Å². The first kappa shape index (κ1) is 21.3. The number of aliphatic hydroxyl groups is 1. The molecule has 0 aliphatic heterocycles. The molecule has 6 nitrogen and oxygen atoms in total. The van der Waals surface area contributed by atoms with E-state index >= 15 is 0 Å². The standard InChI is InChI=1S/C19H20ClF3N4O2/c1-11(12-5-7-13(8-6-12)19(21,22)23)27-17-16(14(10-28)26-27)18(29)25-15(24-17)4-2-3-9-20/h5-8,11,28H,2-4,9-10H2,1H3,(H,24,25,29)/t11-/m0/s1. The Morgan fingerprint density at radius 1 is 1.24 bits per heavy atom. The quantitative estimate of drug-likeness (QED) is 0.443. The molecule has 1 atom stereocenters. The summed E-state index contributed by atoms with van der Waals surface area (Å²) in [5.41, 5.74) is -0.139. The van der Waals surface area contributed by atoms with Gasteiger partial charge >= 0.3 is 6.18 Å². The predicted molar refractivity (Wildman–Crippen MR) is 103 cm³/mol. The van der Waals surface area contributed by atoms with Crippen LogP contribution < -0.4 is 5.56 Å². The molecule has 0 saturated heterocycles. The molecule has 0 aliphatic rings. The van der Waals surface area contributed by atoms with Crippen molar-refractivity contribution < 1.29 is 18.3 Å². The summed E-state index contributed by atoms with van der Waals surface area (Å²) >= 11 is 5.69. The zero-order valence-electron chi connectivity index (χ0n) is 15.6. The Morgan fingerprint density at radius 3 is 2.52 bits per heavy atom. The molecule has 0 unspecified atom stereocenters. The summed E-state index contributed by atoms with van der Waals surface area (Å²) < 4.78 is 39.9. The lowest BCUT2D eigenvalue weighted by atomic mass is 10.1. The fraction of sp³-hybridized carbons (Fsp3) is 0.421. The Hall–Kier alpha value is -2.39. The minimum atomic E-state index is -4.42. The van der Waals surface area contributed by atoms with E-state index in [0.29, 0.717) is 23.7 Å². The van der Waals surface area contributed by atoms with Crippen molar-refractivity contribution in [1.29, 1.82) is 0 Å². The maximum absolute atomic E-state index is 12.8. The first-order valence-electron chi connectivity index (χ1n) is 9.10. The molecule has 2 aromatic heterocycles. The third kappa shape index (κ3) is 4.45. The van der Waals surface area contributed by atoms with Gasteiger partial charge in [-0.15, -0.1) is 11.6 Å². The molecule has 0 amide bonds. The maximum atomic E-state index is 12.8. The third-order valence-corrected chi connectivity index (χ3v) is 4.98. The van der Waals surface area contributed by atoms with Crippen LogP contribution in [0.3, 0.4) is 0 Å². The van der Waals surface area contributed by atoms with E-state index in [1.54, 1.807) is 6.92 Å². The van der Waals surface area contributed by atoms with Gasteiger partial charge in [-0.2, -0.15) is 18.3 Å². The second-order valence-electron chi connectivity index (χ2n) is 6.70. The van der Waals surface area contributed by atoms with Crippen molar-refractivity contribution in [2.45, 2.75) is 45.0 Å². The number of H-pyrrole nitrogens is 1. The summed E-state index contributed by atoms with van der Waals surface area (Å²) in [6.45, 7) is 1.28. The van der Waals surface area contributed by atoms with Crippen LogP contribution in [0.4, 0.5) is 13.2 Å². The lowest BCUT2D eigenvalue weighted by Gasteiger charge is -2.15. The summed E-state index contributed by atoms with van der Waals surface area (Å²) in [5.74, 6) is 0.974. The van der Waals surface area contributed by atoms with Gasteiger partial charge in [-0.3, -0.25) is 4.79 Å². The number of aromatic nitrogens is 4. The number of benzene rings is 1. The Balaban J connectivity index is 2.04. The molecule has 3 rings (SSSR count). The fourth-order valence-corrected chi connectivity index (χ4v) is 3.33. The number of nitrogens with one attached hydrogen (secondary N) is 1. The zero-order valence-corrected chi connectivity index (χ0v) is 16.4. The number of rotatable bonds is 7. The Kier molecular flexibility index (Phi) is 6.28. The van der Waals surface area contributed by atoms with E-state index in [-0.39, 0.29) is 16.7 Å². The van der Waals surface area contributed by atoms with Gasteiger partial charge < -0.3 is 10.1 Å². The number of hydrogen-bond acceptors (Lipinski definition) is 4. The number of aliphatic hydroxyl groups excluding tert-OH is 1. The summed E-state index contributed by atoms with van der Waals surface area (Å²) in [5, 5.41) is 14.1. The zero-order chi connectivity index (χ0) is 21.2. The van der Waals surface area contributed by atoms with Crippen molar-refractivity contribution in [3.8, 4) is 0 Å². The van der Waals surface area contributed by atoms with E-state index in [4.69, 9.17) is 11.6 Å². The molecule has 0 aliphatic carbocycles. The molecule has 156 valence electrons. The van der Waals surface area contributed by atoms with Crippen molar-refractivity contribution in [3.05, 3.63) is 57.3 Å². The molecule has 0 bridgehead atoms. The number of aromatic amines is 1. The number of halogens is 4. The largest absolute Gasteiger partial charge is 0.416 e. The number of aryl methyl sites for hydroxylation is 1. The molecule has 10 heteroatoms. The van der Waals surface area contributed by atoms with Gasteiger partial charge in [0.25, 0.3) is 5.56 Å². The van der Waals surface area contributed by atoms with Crippen molar-refractivity contribution >= 4 is 22.6 Å². The normalized spacial score (nSPS) is 13.2. The molecule has 0 fully saturated rings. The van der Waals surface area contributed by atoms with Gasteiger partial charge in [0, 0.05) is 12.3 Å². The van der Waals surface area contributed by atoms with E-state index < -0.39 is 29.9 Å². The molecule has 2 heterocycles. The molecule has 29 heavy (non-hydrogen) atoms. The predicted octanol–water partition coefficient (Wildman–Crippen LogP) is 3.80. The van der Waals surface area contributed by atoms with Gasteiger partial charge in [0.2, 0.25) is 0 Å². The van der Waals surface area contributed by atoms with Gasteiger partial charge in [-0.1, -0.05) is 12.1 Å². The van der Waals surface area contributed by atoms with E-state index in [1.807, 2.05) is 0 Å². The van der Waals surface area contributed by atoms with Crippen LogP contribution in [0.2, 0.25) is 0 Å². The molecule has 3 aromatic rings. The molecular weight excluding hydrogens is 409 g/mol. The Morgan fingerprint density at radius 2 is 1.93 bits per heavy atom. The van der Waals surface area contributed by atoms with Crippen molar-refractivity contribution in [3.63, 3.8) is 0 Å². The van der Waals surface area contributed by atoms with Crippen LogP contribution in [0, 0.1) is 0 Å². The second-order valence-corrected chi connectivity index (χ2v) is 7.08. The number of alkyl halides is 4. The van der Waals surface area contributed by atoms with Crippen LogP contribution in [0.25, 0.3) is 11.0 Å². The molecule has 0 saturated carbocycles. The molecule has 1 aromatic carbocycles. The van der Waals surface area contributed by atoms with E-state index in [2.05, 4.69) is 15.1 Å². The van der Waals surface area contributed by atoms with Crippen molar-refractivity contribution in [2.24, 2.45) is 0 Å². The van der Waals surface area contributed by atoms with E-state index in [9.17, 15) is 23.1 Å². The minimum absolute atomic E-state index is 0.166. The summed E-state index contributed by atoms with van der Waals surface area (Å²) in [6.07, 6.45) is -2.39. The maximum Gasteiger partial charge on any atom is 0.416 e. The van der Waals surface area contributed by atoms with Crippen LogP contribution in [0.5, 0.6) is 0 Å². The van der Waals surface area contributed by atoms with Crippen LogP contribution in [-0.4, -0.2) is 30.7 Å². The summed E-state index contributed by atoms with van der Waals surface area (Å²) in [7, 11) is 0. The van der Waals surface area contributed by atoms with Crippen LogP contribution in [-0.2, 0) is 19.2 Å². The lowest BCUT2D eigenvalue weighted by molar-refractivity contribution is -0.137. The highest BCUT2D eigenvalue weighted by Crippen LogP contribution is 2.31. The fourth-order valence-electron chi connectivity index (χ4n) is 3.14. The van der Waals surface area contributed by atoms with Gasteiger partial charge in [-0.05, 0) is 37.5 Å². The van der Waals surface area contributed by atoms with E-state index in [1.165, 1.54) is 16.8 Å². The Bertz CT molecular complexity index is 1040. The average molecular weight is 429 g/mol. The second kappa shape index (κ2) is 8.54. The number of nitrogens with zero attached hydrogens (tertiary/aromatic N) is 3. The number of hydrogen-bond donors (Lipinski definition) is 2. The van der Waals surface area contributed by atoms with Crippen LogP contribution >= 0.6 is 11.6 Å². The van der Waals surface area contributed by atoms with Gasteiger partial charge in [0.1, 0.15) is 16.9 Å². The SMILES string of the molecule is C[C@@H](c1ccc(C(F)(F)F)cc1)n1nc(CO)c2c(=O)[nH]c(CCCCCl)nc21. The molecular formula is C19H20ClF3N4O2. The van der Waals surface area contributed by atoms with Crippen molar-refractivity contribution in [1.82, 2.24) is 19.7 Å². The average Bonchev–Trinajstić information content (AvgIpc) is 3.06. The highest BCUT2D eigenvalue weighted by Gasteiger charge is 2.30. The first-order chi connectivity index (χ1) is 13.8. The van der Waals surface area contributed by atoms with Gasteiger partial charge in [-0.25, -0.2) is 9.67 Å². The number of fused-ring (bicyclic) bond motifs is 1. The molecule has 0 spiro atoms. The first-order valence-corrected chi connectivity index (χ1v) is 9.64. The van der Waals surface area contributed by atoms with Crippen LogP contribution in [0.1, 0.15) is 48.5 Å². The minimum Gasteiger partial charge on any atom is -0.390 e. The summed E-state index contributed by atoms with van der Waals surface area (Å²) in [6, 6.07) is 4.25. The van der Waals surface area contributed by atoms with Gasteiger partial charge in [0.05, 0.1) is 18.2 Å². The highest BCUT2D eigenvalue weighted by atomic mass is 35.5. The van der Waals surface area contributed by atoms with E-state index in [0.717, 1.165) is 25.0 Å². The van der Waals surface area contributed by atoms with Crippen molar-refractivity contribution in [2.75, 3.05) is 5.88 Å². The lowest BCUT2D eigenvalue weighted by Crippen LogP contribution is -2.15. The topological polar surface area (TPSA) is 83.8 Å². The van der Waals surface area contributed by atoms with Crippen LogP contribution in [0.15, 0.2) is 29.1 Å². The monoisotopic (exact) mass is 428 g/mol. The summed E-state index contributed by atoms with van der Waals surface area (Å²) in [4.78, 5) is 19.7. The highest BCUT2D eigenvalue weighted by molar-refractivity contribution is 6.17.